The van der Waals surface area contributed by atoms with Crippen molar-refractivity contribution in [3.63, 3.8) is 0 Å². The molecule has 0 aliphatic rings. The molecule has 1 aromatic rings. The van der Waals surface area contributed by atoms with Crippen LogP contribution >= 0.6 is 0 Å². The standard InChI is InChI=1S/C10H17N3OS/c1-8(9-7-11-5-6-12-9)13-15(14)10(2,3)4/h5-8,13H,1-4H3/t8-,15-/m0/s1. The lowest BCUT2D eigenvalue weighted by Gasteiger charge is -2.21. The Morgan fingerprint density at radius 1 is 1.40 bits per heavy atom. The van der Waals surface area contributed by atoms with Crippen molar-refractivity contribution in [2.45, 2.75) is 38.5 Å². The van der Waals surface area contributed by atoms with Crippen LogP contribution in [-0.4, -0.2) is 18.9 Å². The number of nitrogens with zero attached hydrogens (tertiary/aromatic N) is 2. The van der Waals surface area contributed by atoms with Crippen LogP contribution in [-0.2, 0) is 11.0 Å². The third-order valence-corrected chi connectivity index (χ3v) is 3.55. The monoisotopic (exact) mass is 227 g/mol. The summed E-state index contributed by atoms with van der Waals surface area (Å²) in [5.74, 6) is 0. The predicted octanol–water partition coefficient (Wildman–Crippen LogP) is 1.59. The zero-order valence-corrected chi connectivity index (χ0v) is 10.3. The van der Waals surface area contributed by atoms with E-state index in [4.69, 9.17) is 0 Å². The molecule has 0 aromatic carbocycles. The fraction of sp³-hybridized carbons (Fsp3) is 0.600. The maximum Gasteiger partial charge on any atom is 0.0976 e. The Morgan fingerprint density at radius 2 is 2.07 bits per heavy atom. The van der Waals surface area contributed by atoms with E-state index in [-0.39, 0.29) is 10.8 Å². The highest BCUT2D eigenvalue weighted by molar-refractivity contribution is 7.84. The third-order valence-electron chi connectivity index (χ3n) is 1.87. The molecule has 84 valence electrons. The minimum atomic E-state index is -1.09. The summed E-state index contributed by atoms with van der Waals surface area (Å²) in [6, 6.07) is -0.0567. The molecule has 1 rings (SSSR count). The molecule has 0 fully saturated rings. The van der Waals surface area contributed by atoms with Crippen LogP contribution < -0.4 is 4.72 Å². The van der Waals surface area contributed by atoms with Gasteiger partial charge in [-0.05, 0) is 27.7 Å². The highest BCUT2D eigenvalue weighted by atomic mass is 32.2. The first-order chi connectivity index (χ1) is 6.91. The summed E-state index contributed by atoms with van der Waals surface area (Å²) in [6.07, 6.45) is 4.93. The minimum absolute atomic E-state index is 0.0567. The zero-order chi connectivity index (χ0) is 11.5. The van der Waals surface area contributed by atoms with E-state index in [1.54, 1.807) is 18.6 Å². The predicted molar refractivity (Wildman–Crippen MR) is 61.5 cm³/mol. The molecule has 1 aromatic heterocycles. The van der Waals surface area contributed by atoms with Crippen molar-refractivity contribution >= 4 is 11.0 Å². The van der Waals surface area contributed by atoms with Gasteiger partial charge in [0.25, 0.3) is 0 Å². The maximum absolute atomic E-state index is 11.8. The molecule has 0 aliphatic carbocycles. The summed E-state index contributed by atoms with van der Waals surface area (Å²) in [5, 5.41) is 0. The van der Waals surface area contributed by atoms with Gasteiger partial charge in [0.1, 0.15) is 0 Å². The Labute approximate surface area is 93.1 Å². The summed E-state index contributed by atoms with van der Waals surface area (Å²) in [7, 11) is -1.09. The lowest BCUT2D eigenvalue weighted by molar-refractivity contribution is 0.610. The SMILES string of the molecule is C[C@H](N[S@@](=O)C(C)(C)C)c1cnccn1. The fourth-order valence-electron chi connectivity index (χ4n) is 0.932. The minimum Gasteiger partial charge on any atom is -0.261 e. The number of hydrogen-bond acceptors (Lipinski definition) is 3. The van der Waals surface area contributed by atoms with Crippen molar-refractivity contribution in [1.29, 1.82) is 0 Å². The van der Waals surface area contributed by atoms with E-state index in [0.717, 1.165) is 5.69 Å². The number of aromatic nitrogens is 2. The van der Waals surface area contributed by atoms with Crippen LogP contribution in [0.1, 0.15) is 39.4 Å². The molecule has 0 amide bonds. The molecule has 15 heavy (non-hydrogen) atoms. The van der Waals surface area contributed by atoms with Gasteiger partial charge in [0.05, 0.1) is 27.5 Å². The molecule has 2 atom stereocenters. The van der Waals surface area contributed by atoms with Crippen molar-refractivity contribution in [3.05, 3.63) is 24.3 Å². The number of nitrogens with one attached hydrogen (secondary N) is 1. The van der Waals surface area contributed by atoms with Crippen LogP contribution in [0, 0.1) is 0 Å². The van der Waals surface area contributed by atoms with Gasteiger partial charge in [-0.15, -0.1) is 0 Å². The molecule has 0 saturated carbocycles. The quantitative estimate of drug-likeness (QED) is 0.853. The van der Waals surface area contributed by atoms with Crippen LogP contribution in [0.25, 0.3) is 0 Å². The van der Waals surface area contributed by atoms with Gasteiger partial charge in [0.15, 0.2) is 0 Å². The lowest BCUT2D eigenvalue weighted by atomic mass is 10.3. The Bertz CT molecular complexity index is 334. The van der Waals surface area contributed by atoms with Gasteiger partial charge in [-0.3, -0.25) is 9.97 Å². The second-order valence-corrected chi connectivity index (χ2v) is 6.35. The normalized spacial score (nSPS) is 16.0. The lowest BCUT2D eigenvalue weighted by Crippen LogP contribution is -2.35. The molecule has 4 nitrogen and oxygen atoms in total. The number of rotatable bonds is 3. The van der Waals surface area contributed by atoms with Crippen LogP contribution in [0.4, 0.5) is 0 Å². The average molecular weight is 227 g/mol. The smallest absolute Gasteiger partial charge is 0.0976 e. The highest BCUT2D eigenvalue weighted by Crippen LogP contribution is 2.14. The second-order valence-electron chi connectivity index (χ2n) is 4.35. The van der Waals surface area contributed by atoms with E-state index in [0.29, 0.717) is 0 Å². The van der Waals surface area contributed by atoms with Gasteiger partial charge in [0, 0.05) is 18.6 Å². The van der Waals surface area contributed by atoms with Gasteiger partial charge < -0.3 is 0 Å². The Kier molecular flexibility index (Phi) is 3.93. The van der Waals surface area contributed by atoms with E-state index in [1.807, 2.05) is 27.7 Å². The Balaban J connectivity index is 2.65. The van der Waals surface area contributed by atoms with Gasteiger partial charge in [-0.2, -0.15) is 0 Å². The van der Waals surface area contributed by atoms with Crippen molar-refractivity contribution in [2.24, 2.45) is 0 Å². The van der Waals surface area contributed by atoms with Gasteiger partial charge in [-0.1, -0.05) is 0 Å². The van der Waals surface area contributed by atoms with E-state index >= 15 is 0 Å². The molecule has 0 bridgehead atoms. The summed E-state index contributed by atoms with van der Waals surface area (Å²) >= 11 is 0. The van der Waals surface area contributed by atoms with E-state index in [1.165, 1.54) is 0 Å². The Hall–Kier alpha value is -0.810. The number of hydrogen-bond donors (Lipinski definition) is 1. The zero-order valence-electron chi connectivity index (χ0n) is 9.52. The first kappa shape index (κ1) is 12.3. The highest BCUT2D eigenvalue weighted by Gasteiger charge is 2.21. The van der Waals surface area contributed by atoms with Gasteiger partial charge in [-0.25, -0.2) is 8.93 Å². The van der Waals surface area contributed by atoms with E-state index in [2.05, 4.69) is 14.7 Å². The second kappa shape index (κ2) is 4.81. The third kappa shape index (κ3) is 3.68. The topological polar surface area (TPSA) is 54.9 Å². The van der Waals surface area contributed by atoms with Crippen molar-refractivity contribution in [3.8, 4) is 0 Å². The largest absolute Gasteiger partial charge is 0.261 e. The molecule has 0 radical (unpaired) electrons. The van der Waals surface area contributed by atoms with Crippen molar-refractivity contribution in [2.75, 3.05) is 0 Å². The molecular formula is C10H17N3OS. The van der Waals surface area contributed by atoms with Crippen molar-refractivity contribution in [1.82, 2.24) is 14.7 Å². The summed E-state index contributed by atoms with van der Waals surface area (Å²) in [4.78, 5) is 8.13. The average Bonchev–Trinajstić information content (AvgIpc) is 2.17. The van der Waals surface area contributed by atoms with Crippen LogP contribution in [0.2, 0.25) is 0 Å². The van der Waals surface area contributed by atoms with Crippen LogP contribution in [0.5, 0.6) is 0 Å². The molecule has 0 spiro atoms. The molecule has 1 N–H and O–H groups in total. The van der Waals surface area contributed by atoms with Crippen LogP contribution in [0.15, 0.2) is 18.6 Å². The molecule has 1 heterocycles. The summed E-state index contributed by atoms with van der Waals surface area (Å²) in [5.41, 5.74) is 0.801. The molecular weight excluding hydrogens is 210 g/mol. The molecule has 0 unspecified atom stereocenters. The summed E-state index contributed by atoms with van der Waals surface area (Å²) < 4.78 is 14.5. The summed E-state index contributed by atoms with van der Waals surface area (Å²) in [6.45, 7) is 7.71. The Morgan fingerprint density at radius 3 is 2.53 bits per heavy atom. The van der Waals surface area contributed by atoms with E-state index < -0.39 is 11.0 Å². The fourth-order valence-corrected chi connectivity index (χ4v) is 1.73. The molecule has 5 heteroatoms. The van der Waals surface area contributed by atoms with Crippen LogP contribution in [0.3, 0.4) is 0 Å². The molecule has 0 aliphatic heterocycles. The maximum atomic E-state index is 11.8. The first-order valence-electron chi connectivity index (χ1n) is 4.85. The molecule has 0 saturated heterocycles. The first-order valence-corrected chi connectivity index (χ1v) is 6.00. The van der Waals surface area contributed by atoms with Gasteiger partial charge in [0.2, 0.25) is 0 Å². The van der Waals surface area contributed by atoms with Gasteiger partial charge >= 0.3 is 0 Å². The van der Waals surface area contributed by atoms with Crippen molar-refractivity contribution < 1.29 is 4.21 Å². The van der Waals surface area contributed by atoms with E-state index in [9.17, 15) is 4.21 Å².